The standard InChI is InChI=1S/C19H25NO6/c1-23-15-11-13(12-16(24-2)18(15)25-3)8-9-17(21)20-10-6-5-7-14(20)19(22)26-4/h8-9,11-12,14H,5-7,10H2,1-4H3. The number of hydrogen-bond donors (Lipinski definition) is 0. The number of nitrogens with zero attached hydrogens (tertiary/aromatic N) is 1. The second-order valence-electron chi connectivity index (χ2n) is 5.86. The molecule has 0 bridgehead atoms. The number of methoxy groups -OCH3 is 4. The Balaban J connectivity index is 2.22. The first-order valence-electron chi connectivity index (χ1n) is 8.42. The Morgan fingerprint density at radius 1 is 1.04 bits per heavy atom. The van der Waals surface area contributed by atoms with Crippen LogP contribution in [-0.2, 0) is 14.3 Å². The van der Waals surface area contributed by atoms with E-state index in [2.05, 4.69) is 0 Å². The van der Waals surface area contributed by atoms with Crippen molar-refractivity contribution in [3.63, 3.8) is 0 Å². The van der Waals surface area contributed by atoms with Gasteiger partial charge in [-0.25, -0.2) is 4.79 Å². The zero-order valence-corrected chi connectivity index (χ0v) is 15.6. The van der Waals surface area contributed by atoms with Gasteiger partial charge < -0.3 is 23.8 Å². The van der Waals surface area contributed by atoms with E-state index in [-0.39, 0.29) is 11.9 Å². The van der Waals surface area contributed by atoms with Gasteiger partial charge in [0.25, 0.3) is 0 Å². The normalized spacial score (nSPS) is 17.1. The molecule has 1 unspecified atom stereocenters. The molecule has 0 N–H and O–H groups in total. The average molecular weight is 363 g/mol. The molecular weight excluding hydrogens is 338 g/mol. The van der Waals surface area contributed by atoms with Crippen molar-refractivity contribution >= 4 is 18.0 Å². The van der Waals surface area contributed by atoms with E-state index in [0.717, 1.165) is 18.4 Å². The highest BCUT2D eigenvalue weighted by molar-refractivity contribution is 5.95. The molecule has 1 saturated heterocycles. The fourth-order valence-corrected chi connectivity index (χ4v) is 3.04. The second kappa shape index (κ2) is 9.12. The molecule has 7 nitrogen and oxygen atoms in total. The maximum atomic E-state index is 12.6. The fraction of sp³-hybridized carbons (Fsp3) is 0.474. The third-order valence-corrected chi connectivity index (χ3v) is 4.36. The van der Waals surface area contributed by atoms with Crippen molar-refractivity contribution in [2.24, 2.45) is 0 Å². The van der Waals surface area contributed by atoms with Crippen LogP contribution in [-0.4, -0.2) is 57.8 Å². The number of hydrogen-bond acceptors (Lipinski definition) is 6. The van der Waals surface area contributed by atoms with Crippen molar-refractivity contribution in [1.29, 1.82) is 0 Å². The van der Waals surface area contributed by atoms with Crippen LogP contribution < -0.4 is 14.2 Å². The van der Waals surface area contributed by atoms with Gasteiger partial charge in [-0.1, -0.05) is 0 Å². The molecule has 1 atom stereocenters. The fourth-order valence-electron chi connectivity index (χ4n) is 3.04. The zero-order valence-electron chi connectivity index (χ0n) is 15.6. The molecule has 0 spiro atoms. The Labute approximate surface area is 153 Å². The number of carbonyl (C=O) groups excluding carboxylic acids is 2. The molecule has 1 aromatic carbocycles. The minimum absolute atomic E-state index is 0.228. The van der Waals surface area contributed by atoms with Crippen LogP contribution in [0.15, 0.2) is 18.2 Å². The molecule has 7 heteroatoms. The van der Waals surface area contributed by atoms with Gasteiger partial charge in [0.15, 0.2) is 11.5 Å². The lowest BCUT2D eigenvalue weighted by atomic mass is 10.0. The van der Waals surface area contributed by atoms with E-state index in [0.29, 0.717) is 30.2 Å². The maximum absolute atomic E-state index is 12.6. The number of rotatable bonds is 6. The van der Waals surface area contributed by atoms with Crippen LogP contribution in [0.3, 0.4) is 0 Å². The number of piperidine rings is 1. The van der Waals surface area contributed by atoms with E-state index in [1.165, 1.54) is 34.5 Å². The Morgan fingerprint density at radius 3 is 2.23 bits per heavy atom. The van der Waals surface area contributed by atoms with Gasteiger partial charge in [0.1, 0.15) is 6.04 Å². The highest BCUT2D eigenvalue weighted by Crippen LogP contribution is 2.38. The summed E-state index contributed by atoms with van der Waals surface area (Å²) >= 11 is 0. The minimum Gasteiger partial charge on any atom is -0.493 e. The molecule has 1 amide bonds. The molecule has 2 rings (SSSR count). The first-order valence-corrected chi connectivity index (χ1v) is 8.42. The molecule has 1 aliphatic heterocycles. The van der Waals surface area contributed by atoms with Crippen LogP contribution in [0.1, 0.15) is 24.8 Å². The molecule has 0 saturated carbocycles. The summed E-state index contributed by atoms with van der Waals surface area (Å²) in [5.41, 5.74) is 0.722. The summed E-state index contributed by atoms with van der Waals surface area (Å²) < 4.78 is 20.7. The first-order chi connectivity index (χ1) is 12.5. The zero-order chi connectivity index (χ0) is 19.1. The monoisotopic (exact) mass is 363 g/mol. The average Bonchev–Trinajstić information content (AvgIpc) is 2.70. The van der Waals surface area contributed by atoms with Crippen LogP contribution in [0.25, 0.3) is 6.08 Å². The topological polar surface area (TPSA) is 74.3 Å². The van der Waals surface area contributed by atoms with Gasteiger partial charge in [-0.2, -0.15) is 0 Å². The largest absolute Gasteiger partial charge is 0.493 e. The number of ether oxygens (including phenoxy) is 4. The summed E-state index contributed by atoms with van der Waals surface area (Å²) in [6.45, 7) is 0.540. The van der Waals surface area contributed by atoms with Crippen molar-refractivity contribution in [2.45, 2.75) is 25.3 Å². The van der Waals surface area contributed by atoms with Crippen molar-refractivity contribution in [1.82, 2.24) is 4.90 Å². The third kappa shape index (κ3) is 4.28. The summed E-state index contributed by atoms with van der Waals surface area (Å²) in [5.74, 6) is 0.891. The highest BCUT2D eigenvalue weighted by Gasteiger charge is 2.31. The van der Waals surface area contributed by atoms with Gasteiger partial charge in [-0.3, -0.25) is 4.79 Å². The maximum Gasteiger partial charge on any atom is 0.328 e. The third-order valence-electron chi connectivity index (χ3n) is 4.36. The van der Waals surface area contributed by atoms with E-state index < -0.39 is 6.04 Å². The summed E-state index contributed by atoms with van der Waals surface area (Å²) in [7, 11) is 5.93. The van der Waals surface area contributed by atoms with Gasteiger partial charge in [0.05, 0.1) is 28.4 Å². The Kier molecular flexibility index (Phi) is 6.89. The van der Waals surface area contributed by atoms with Crippen molar-refractivity contribution < 1.29 is 28.5 Å². The lowest BCUT2D eigenvalue weighted by Crippen LogP contribution is -2.47. The van der Waals surface area contributed by atoms with Gasteiger partial charge >= 0.3 is 5.97 Å². The molecule has 0 radical (unpaired) electrons. The SMILES string of the molecule is COC(=O)C1CCCCN1C(=O)C=Cc1cc(OC)c(OC)c(OC)c1. The first kappa shape index (κ1) is 19.6. The van der Waals surface area contributed by atoms with Gasteiger partial charge in [0.2, 0.25) is 11.7 Å². The lowest BCUT2D eigenvalue weighted by molar-refractivity contribution is -0.153. The number of amides is 1. The molecule has 0 aliphatic carbocycles. The van der Waals surface area contributed by atoms with Crippen molar-refractivity contribution in [3.05, 3.63) is 23.8 Å². The Hall–Kier alpha value is -2.70. The van der Waals surface area contributed by atoms with Gasteiger partial charge in [-0.05, 0) is 43.0 Å². The van der Waals surface area contributed by atoms with Gasteiger partial charge in [-0.15, -0.1) is 0 Å². The quantitative estimate of drug-likeness (QED) is 0.570. The van der Waals surface area contributed by atoms with Crippen LogP contribution in [0.4, 0.5) is 0 Å². The molecule has 26 heavy (non-hydrogen) atoms. The predicted octanol–water partition coefficient (Wildman–Crippen LogP) is 2.28. The molecule has 0 aromatic heterocycles. The predicted molar refractivity (Wildman–Crippen MR) is 96.5 cm³/mol. The number of likely N-dealkylation sites (tertiary alicyclic amines) is 1. The number of esters is 1. The van der Waals surface area contributed by atoms with Crippen LogP contribution in [0.5, 0.6) is 17.2 Å². The van der Waals surface area contributed by atoms with Crippen molar-refractivity contribution in [3.8, 4) is 17.2 Å². The highest BCUT2D eigenvalue weighted by atomic mass is 16.5. The smallest absolute Gasteiger partial charge is 0.328 e. The Bertz CT molecular complexity index is 660. The van der Waals surface area contributed by atoms with Crippen LogP contribution in [0.2, 0.25) is 0 Å². The number of benzene rings is 1. The summed E-state index contributed by atoms with van der Waals surface area (Å²) in [6.07, 6.45) is 5.51. The van der Waals surface area contributed by atoms with Crippen molar-refractivity contribution in [2.75, 3.05) is 35.0 Å². The minimum atomic E-state index is -0.522. The molecule has 1 fully saturated rings. The van der Waals surface area contributed by atoms with Gasteiger partial charge in [0, 0.05) is 12.6 Å². The Morgan fingerprint density at radius 2 is 1.69 bits per heavy atom. The summed E-state index contributed by atoms with van der Waals surface area (Å²) in [5, 5.41) is 0. The second-order valence-corrected chi connectivity index (χ2v) is 5.86. The van der Waals surface area contributed by atoms with Crippen LogP contribution >= 0.6 is 0 Å². The van der Waals surface area contributed by atoms with E-state index >= 15 is 0 Å². The summed E-state index contributed by atoms with van der Waals surface area (Å²) in [6, 6.07) is 2.98. The van der Waals surface area contributed by atoms with E-state index in [1.54, 1.807) is 23.1 Å². The number of carbonyl (C=O) groups is 2. The summed E-state index contributed by atoms with van der Waals surface area (Å²) in [4.78, 5) is 26.0. The molecule has 1 aliphatic rings. The molecular formula is C19H25NO6. The molecule has 142 valence electrons. The van der Waals surface area contributed by atoms with Crippen LogP contribution in [0, 0.1) is 0 Å². The molecule has 1 aromatic rings. The van der Waals surface area contributed by atoms with E-state index in [9.17, 15) is 9.59 Å². The molecule has 1 heterocycles. The van der Waals surface area contributed by atoms with E-state index in [4.69, 9.17) is 18.9 Å². The van der Waals surface area contributed by atoms with E-state index in [1.807, 2.05) is 0 Å². The lowest BCUT2D eigenvalue weighted by Gasteiger charge is -2.32.